The van der Waals surface area contributed by atoms with Gasteiger partial charge in [0, 0.05) is 6.20 Å². The summed E-state index contributed by atoms with van der Waals surface area (Å²) in [5, 5.41) is 8.81. The molecular weight excluding hydrogens is 306 g/mol. The van der Waals surface area contributed by atoms with Gasteiger partial charge in [0.25, 0.3) is 5.91 Å². The summed E-state index contributed by atoms with van der Waals surface area (Å²) in [4.78, 5) is 28.3. The van der Waals surface area contributed by atoms with E-state index < -0.39 is 11.9 Å². The van der Waals surface area contributed by atoms with E-state index in [2.05, 4.69) is 24.4 Å². The number of hydrogen-bond acceptors (Lipinski definition) is 8. The second-order valence-electron chi connectivity index (χ2n) is 4.13. The average Bonchev–Trinajstić information content (AvgIpc) is 2.97. The van der Waals surface area contributed by atoms with Crippen molar-refractivity contribution in [3.05, 3.63) is 40.7 Å². The van der Waals surface area contributed by atoms with Crippen LogP contribution in [0.3, 0.4) is 0 Å². The zero-order chi connectivity index (χ0) is 15.9. The van der Waals surface area contributed by atoms with Gasteiger partial charge in [0.05, 0.1) is 24.7 Å². The maximum absolute atomic E-state index is 12.4. The Kier molecular flexibility index (Phi) is 5.26. The fourth-order valence-corrected chi connectivity index (χ4v) is 2.08. The summed E-state index contributed by atoms with van der Waals surface area (Å²) in [5.74, 6) is -1.05. The number of pyridine rings is 1. The van der Waals surface area contributed by atoms with Crippen molar-refractivity contribution < 1.29 is 14.3 Å². The molecule has 0 fully saturated rings. The van der Waals surface area contributed by atoms with Crippen LogP contribution in [0, 0.1) is 6.92 Å². The molecule has 0 atom stereocenters. The van der Waals surface area contributed by atoms with Crippen molar-refractivity contribution in [3.8, 4) is 0 Å². The molecular formula is C13H13N5O3S. The van der Waals surface area contributed by atoms with Crippen molar-refractivity contribution in [2.45, 2.75) is 6.92 Å². The number of hydrogen-bond donors (Lipinski definition) is 0. The third-order valence-corrected chi connectivity index (χ3v) is 3.42. The van der Waals surface area contributed by atoms with Crippen LogP contribution in [0.25, 0.3) is 0 Å². The number of esters is 1. The smallest absolute Gasteiger partial charge is 0.327 e. The molecule has 0 unspecified atom stereocenters. The van der Waals surface area contributed by atoms with Crippen LogP contribution in [-0.2, 0) is 9.53 Å². The quantitative estimate of drug-likeness (QED) is 0.461. The summed E-state index contributed by atoms with van der Waals surface area (Å²) in [6.07, 6.45) is 3.00. The number of ether oxygens (including phenoxy) is 1. The summed E-state index contributed by atoms with van der Waals surface area (Å²) in [6, 6.07) is 5.28. The van der Waals surface area contributed by atoms with Crippen molar-refractivity contribution >= 4 is 29.6 Å². The lowest BCUT2D eigenvalue weighted by molar-refractivity contribution is -0.141. The minimum atomic E-state index is -0.582. The van der Waals surface area contributed by atoms with Crippen LogP contribution in [0.5, 0.6) is 0 Å². The van der Waals surface area contributed by atoms with E-state index >= 15 is 0 Å². The molecule has 0 radical (unpaired) electrons. The lowest BCUT2D eigenvalue weighted by atomic mass is 10.3. The summed E-state index contributed by atoms with van der Waals surface area (Å²) in [5.41, 5.74) is 1.04. The molecule has 0 aliphatic heterocycles. The first-order chi connectivity index (χ1) is 10.6. The van der Waals surface area contributed by atoms with Crippen molar-refractivity contribution in [3.63, 3.8) is 0 Å². The van der Waals surface area contributed by atoms with E-state index in [4.69, 9.17) is 0 Å². The van der Waals surface area contributed by atoms with Gasteiger partial charge < -0.3 is 4.74 Å². The normalized spacial score (nSPS) is 10.6. The van der Waals surface area contributed by atoms with E-state index in [-0.39, 0.29) is 6.54 Å². The largest absolute Gasteiger partial charge is 0.468 e. The lowest BCUT2D eigenvalue weighted by Gasteiger charge is -2.14. The number of hydrazone groups is 1. The number of carbonyl (C=O) groups is 2. The molecule has 0 saturated heterocycles. The van der Waals surface area contributed by atoms with E-state index in [9.17, 15) is 9.59 Å². The van der Waals surface area contributed by atoms with Crippen molar-refractivity contribution in [1.29, 1.82) is 0 Å². The fourth-order valence-electron chi connectivity index (χ4n) is 1.48. The van der Waals surface area contributed by atoms with Crippen LogP contribution >= 0.6 is 11.5 Å². The van der Waals surface area contributed by atoms with Gasteiger partial charge in [0.1, 0.15) is 11.4 Å². The second-order valence-corrected chi connectivity index (χ2v) is 4.88. The van der Waals surface area contributed by atoms with Gasteiger partial charge in [-0.2, -0.15) is 5.10 Å². The second kappa shape index (κ2) is 7.36. The third kappa shape index (κ3) is 3.92. The van der Waals surface area contributed by atoms with Gasteiger partial charge in [-0.1, -0.05) is 10.6 Å². The molecule has 2 aromatic heterocycles. The highest BCUT2D eigenvalue weighted by molar-refractivity contribution is 7.07. The number of methoxy groups -OCH3 is 1. The predicted molar refractivity (Wildman–Crippen MR) is 79.5 cm³/mol. The first kappa shape index (κ1) is 15.7. The van der Waals surface area contributed by atoms with Gasteiger partial charge in [0.15, 0.2) is 0 Å². The molecule has 0 aliphatic carbocycles. The van der Waals surface area contributed by atoms with Crippen molar-refractivity contribution in [2.75, 3.05) is 13.7 Å². The van der Waals surface area contributed by atoms with Crippen LogP contribution in [0.2, 0.25) is 0 Å². The Morgan fingerprint density at radius 2 is 2.27 bits per heavy atom. The third-order valence-electron chi connectivity index (χ3n) is 2.60. The van der Waals surface area contributed by atoms with E-state index in [1.807, 2.05) is 0 Å². The zero-order valence-corrected chi connectivity index (χ0v) is 12.8. The Bertz CT molecular complexity index is 686. The number of aryl methyl sites for hydroxylation is 1. The monoisotopic (exact) mass is 319 g/mol. The summed E-state index contributed by atoms with van der Waals surface area (Å²) < 4.78 is 8.29. The van der Waals surface area contributed by atoms with Gasteiger partial charge in [-0.15, -0.1) is 5.10 Å². The van der Waals surface area contributed by atoms with Crippen molar-refractivity contribution in [1.82, 2.24) is 19.6 Å². The van der Waals surface area contributed by atoms with Crippen LogP contribution < -0.4 is 0 Å². The van der Waals surface area contributed by atoms with E-state index in [1.165, 1.54) is 13.3 Å². The highest BCUT2D eigenvalue weighted by Crippen LogP contribution is 2.13. The zero-order valence-electron chi connectivity index (χ0n) is 12.0. The molecule has 9 heteroatoms. The highest BCUT2D eigenvalue weighted by Gasteiger charge is 2.22. The van der Waals surface area contributed by atoms with Gasteiger partial charge in [0.2, 0.25) is 0 Å². The number of carbonyl (C=O) groups excluding carboxylic acids is 2. The number of amides is 1. The summed E-state index contributed by atoms with van der Waals surface area (Å²) >= 11 is 0.948. The molecule has 22 heavy (non-hydrogen) atoms. The molecule has 0 bridgehead atoms. The fraction of sp³-hybridized carbons (Fsp3) is 0.231. The Labute approximate surface area is 130 Å². The molecule has 114 valence electrons. The van der Waals surface area contributed by atoms with E-state index in [1.54, 1.807) is 31.3 Å². The Morgan fingerprint density at radius 1 is 1.45 bits per heavy atom. The Hall–Kier alpha value is -2.68. The Balaban J connectivity index is 2.23. The predicted octanol–water partition coefficient (Wildman–Crippen LogP) is 0.891. The first-order valence-corrected chi connectivity index (χ1v) is 7.02. The molecule has 2 rings (SSSR count). The van der Waals surface area contributed by atoms with E-state index in [0.29, 0.717) is 16.3 Å². The molecule has 2 aromatic rings. The molecule has 0 aliphatic rings. The Morgan fingerprint density at radius 3 is 2.86 bits per heavy atom. The lowest BCUT2D eigenvalue weighted by Crippen LogP contribution is -2.32. The molecule has 0 saturated carbocycles. The number of nitrogens with zero attached hydrogens (tertiary/aromatic N) is 5. The van der Waals surface area contributed by atoms with Crippen molar-refractivity contribution in [2.24, 2.45) is 5.10 Å². The summed E-state index contributed by atoms with van der Waals surface area (Å²) in [7, 11) is 1.24. The maximum Gasteiger partial charge on any atom is 0.327 e. The first-order valence-electron chi connectivity index (χ1n) is 6.24. The highest BCUT2D eigenvalue weighted by atomic mass is 32.1. The van der Waals surface area contributed by atoms with Crippen LogP contribution in [0.15, 0.2) is 29.5 Å². The number of rotatable bonds is 5. The topological polar surface area (TPSA) is 97.6 Å². The standard InChI is InChI=1S/C13H13N5O3S/c1-9-12(22-17-16-9)13(20)18(8-11(19)21-2)15-7-10-5-3-4-6-14-10/h3-7H,8H2,1-2H3/b15-7+. The molecule has 0 N–H and O–H groups in total. The molecule has 0 aromatic carbocycles. The molecule has 2 heterocycles. The average molecular weight is 319 g/mol. The minimum Gasteiger partial charge on any atom is -0.468 e. The van der Waals surface area contributed by atoms with Gasteiger partial charge in [-0.3, -0.25) is 14.6 Å². The molecule has 0 spiro atoms. The van der Waals surface area contributed by atoms with Crippen LogP contribution in [-0.4, -0.2) is 51.3 Å². The number of aromatic nitrogens is 3. The molecule has 1 amide bonds. The molecule has 8 nitrogen and oxygen atoms in total. The summed E-state index contributed by atoms with van der Waals surface area (Å²) in [6.45, 7) is 1.35. The van der Waals surface area contributed by atoms with Gasteiger partial charge in [-0.05, 0) is 30.6 Å². The minimum absolute atomic E-state index is 0.310. The SMILES string of the molecule is COC(=O)CN(/N=C/c1ccccn1)C(=O)c1snnc1C. The van der Waals surface area contributed by atoms with Gasteiger partial charge in [-0.25, -0.2) is 5.01 Å². The van der Waals surface area contributed by atoms with E-state index in [0.717, 1.165) is 16.5 Å². The van der Waals surface area contributed by atoms with Gasteiger partial charge >= 0.3 is 5.97 Å². The van der Waals surface area contributed by atoms with Crippen LogP contribution in [0.4, 0.5) is 0 Å². The maximum atomic E-state index is 12.4. The van der Waals surface area contributed by atoms with Crippen LogP contribution in [0.1, 0.15) is 21.1 Å².